The van der Waals surface area contributed by atoms with Gasteiger partial charge in [0, 0.05) is 0 Å². The Kier molecular flexibility index (Phi) is 2.42. The highest BCUT2D eigenvalue weighted by molar-refractivity contribution is 5.85. The fourth-order valence-electron chi connectivity index (χ4n) is 1.63. The predicted molar refractivity (Wildman–Crippen MR) is 60.1 cm³/mol. The van der Waals surface area contributed by atoms with E-state index in [-0.39, 0.29) is 0 Å². The van der Waals surface area contributed by atoms with Crippen molar-refractivity contribution in [3.05, 3.63) is 41.5 Å². The van der Waals surface area contributed by atoms with Gasteiger partial charge in [0.2, 0.25) is 0 Å². The second kappa shape index (κ2) is 3.73. The molecule has 15 heavy (non-hydrogen) atoms. The summed E-state index contributed by atoms with van der Waals surface area (Å²) < 4.78 is 4.80. The first-order valence-electron chi connectivity index (χ1n) is 4.82. The molecule has 2 nitrogen and oxygen atoms in total. The molecule has 0 radical (unpaired) electrons. The van der Waals surface area contributed by atoms with Crippen LogP contribution < -0.4 is 4.74 Å². The Hall–Kier alpha value is -1.83. The minimum Gasteiger partial charge on any atom is -0.429 e. The van der Waals surface area contributed by atoms with Crippen LogP contribution in [-0.4, -0.2) is 6.47 Å². The quantitative estimate of drug-likeness (QED) is 0.696. The zero-order chi connectivity index (χ0) is 10.8. The number of rotatable bonds is 2. The number of hydrogen-bond acceptors (Lipinski definition) is 2. The SMILES string of the molecule is Cc1cc2ccc(OC=O)cc2cc1C. The van der Waals surface area contributed by atoms with Gasteiger partial charge in [0.05, 0.1) is 0 Å². The molecule has 0 N–H and O–H groups in total. The van der Waals surface area contributed by atoms with Gasteiger partial charge in [0.15, 0.2) is 0 Å². The number of hydrogen-bond donors (Lipinski definition) is 0. The van der Waals surface area contributed by atoms with Gasteiger partial charge >= 0.3 is 0 Å². The molecule has 2 aromatic rings. The third-order valence-electron chi connectivity index (χ3n) is 2.61. The van der Waals surface area contributed by atoms with Crippen LogP contribution in [0.2, 0.25) is 0 Å². The van der Waals surface area contributed by atoms with Crippen LogP contribution in [0, 0.1) is 13.8 Å². The van der Waals surface area contributed by atoms with E-state index in [2.05, 4.69) is 26.0 Å². The van der Waals surface area contributed by atoms with Gasteiger partial charge < -0.3 is 4.74 Å². The van der Waals surface area contributed by atoms with Crippen LogP contribution in [0.15, 0.2) is 30.3 Å². The summed E-state index contributed by atoms with van der Waals surface area (Å²) in [6, 6.07) is 9.86. The van der Waals surface area contributed by atoms with Crippen LogP contribution in [0.3, 0.4) is 0 Å². The molecule has 0 fully saturated rings. The fraction of sp³-hybridized carbons (Fsp3) is 0.154. The summed E-state index contributed by atoms with van der Waals surface area (Å²) in [5.74, 6) is 0.584. The average molecular weight is 200 g/mol. The van der Waals surface area contributed by atoms with Crippen molar-refractivity contribution in [3.8, 4) is 5.75 Å². The van der Waals surface area contributed by atoms with E-state index in [0.717, 1.165) is 10.8 Å². The molecule has 0 aliphatic rings. The first kappa shape index (κ1) is 9.71. The smallest absolute Gasteiger partial charge is 0.298 e. The minimum atomic E-state index is 0.447. The van der Waals surface area contributed by atoms with E-state index in [4.69, 9.17) is 4.74 Å². The monoisotopic (exact) mass is 200 g/mol. The lowest BCUT2D eigenvalue weighted by Crippen LogP contribution is -1.88. The molecule has 0 aromatic heterocycles. The Labute approximate surface area is 88.5 Å². The highest BCUT2D eigenvalue weighted by atomic mass is 16.5. The Morgan fingerprint density at radius 1 is 1.00 bits per heavy atom. The molecule has 0 atom stereocenters. The Balaban J connectivity index is 2.61. The molecule has 0 spiro atoms. The molecule has 0 heterocycles. The van der Waals surface area contributed by atoms with Gasteiger partial charge in [-0.05, 0) is 47.9 Å². The summed E-state index contributed by atoms with van der Waals surface area (Å²) in [4.78, 5) is 10.2. The van der Waals surface area contributed by atoms with E-state index >= 15 is 0 Å². The van der Waals surface area contributed by atoms with Crippen molar-refractivity contribution in [1.29, 1.82) is 0 Å². The Bertz CT molecular complexity index is 515. The first-order chi connectivity index (χ1) is 7.20. The first-order valence-corrected chi connectivity index (χ1v) is 4.82. The summed E-state index contributed by atoms with van der Waals surface area (Å²) in [7, 11) is 0. The van der Waals surface area contributed by atoms with Gasteiger partial charge in [-0.25, -0.2) is 0 Å². The van der Waals surface area contributed by atoms with Crippen molar-refractivity contribution in [2.75, 3.05) is 0 Å². The molecule has 2 heteroatoms. The second-order valence-corrected chi connectivity index (χ2v) is 3.66. The topological polar surface area (TPSA) is 26.3 Å². The van der Waals surface area contributed by atoms with Crippen molar-refractivity contribution < 1.29 is 9.53 Å². The standard InChI is InChI=1S/C13H12O2/c1-9-5-11-3-4-13(15-8-14)7-12(11)6-10(9)2/h3-8H,1-2H3. The highest BCUT2D eigenvalue weighted by Gasteiger charge is 2.00. The molecule has 0 amide bonds. The highest BCUT2D eigenvalue weighted by Crippen LogP contribution is 2.23. The molecular formula is C13H12O2. The van der Waals surface area contributed by atoms with Crippen LogP contribution in [-0.2, 0) is 4.79 Å². The summed E-state index contributed by atoms with van der Waals surface area (Å²) in [5.41, 5.74) is 2.51. The van der Waals surface area contributed by atoms with E-state index in [0.29, 0.717) is 12.2 Å². The van der Waals surface area contributed by atoms with Crippen molar-refractivity contribution in [1.82, 2.24) is 0 Å². The minimum absolute atomic E-state index is 0.447. The number of ether oxygens (including phenoxy) is 1. The predicted octanol–water partition coefficient (Wildman–Crippen LogP) is 2.99. The molecule has 2 rings (SSSR count). The fourth-order valence-corrected chi connectivity index (χ4v) is 1.63. The summed E-state index contributed by atoms with van der Waals surface area (Å²) >= 11 is 0. The number of fused-ring (bicyclic) bond motifs is 1. The van der Waals surface area contributed by atoms with Crippen molar-refractivity contribution in [3.63, 3.8) is 0 Å². The van der Waals surface area contributed by atoms with Gasteiger partial charge in [-0.3, -0.25) is 4.79 Å². The van der Waals surface area contributed by atoms with Gasteiger partial charge in [-0.1, -0.05) is 18.2 Å². The van der Waals surface area contributed by atoms with E-state index in [1.54, 1.807) is 6.07 Å². The maximum Gasteiger partial charge on any atom is 0.298 e. The van der Waals surface area contributed by atoms with Crippen LogP contribution in [0.25, 0.3) is 10.8 Å². The second-order valence-electron chi connectivity index (χ2n) is 3.66. The number of carbonyl (C=O) groups excluding carboxylic acids is 1. The third kappa shape index (κ3) is 1.84. The summed E-state index contributed by atoms with van der Waals surface area (Å²) in [6.07, 6.45) is 0. The third-order valence-corrected chi connectivity index (χ3v) is 2.61. The molecule has 0 aliphatic carbocycles. The summed E-state index contributed by atoms with van der Waals surface area (Å²) in [5, 5.41) is 2.26. The van der Waals surface area contributed by atoms with Crippen LogP contribution >= 0.6 is 0 Å². The molecule has 76 valence electrons. The molecule has 0 bridgehead atoms. The Morgan fingerprint density at radius 3 is 2.33 bits per heavy atom. The number of benzene rings is 2. The van der Waals surface area contributed by atoms with Crippen LogP contribution in [0.4, 0.5) is 0 Å². The van der Waals surface area contributed by atoms with Crippen molar-refractivity contribution >= 4 is 17.2 Å². The maximum atomic E-state index is 10.2. The largest absolute Gasteiger partial charge is 0.429 e. The van der Waals surface area contributed by atoms with Crippen LogP contribution in [0.5, 0.6) is 5.75 Å². The lowest BCUT2D eigenvalue weighted by Gasteiger charge is -2.05. The molecular weight excluding hydrogens is 188 g/mol. The lowest BCUT2D eigenvalue weighted by atomic mass is 10.0. The zero-order valence-electron chi connectivity index (χ0n) is 8.78. The molecule has 0 unspecified atom stereocenters. The van der Waals surface area contributed by atoms with E-state index < -0.39 is 0 Å². The van der Waals surface area contributed by atoms with E-state index in [1.165, 1.54) is 11.1 Å². The molecule has 0 saturated carbocycles. The van der Waals surface area contributed by atoms with Crippen LogP contribution in [0.1, 0.15) is 11.1 Å². The maximum absolute atomic E-state index is 10.2. The van der Waals surface area contributed by atoms with Crippen molar-refractivity contribution in [2.45, 2.75) is 13.8 Å². The summed E-state index contributed by atoms with van der Waals surface area (Å²) in [6.45, 7) is 4.61. The van der Waals surface area contributed by atoms with E-state index in [1.807, 2.05) is 12.1 Å². The lowest BCUT2D eigenvalue weighted by molar-refractivity contribution is -0.120. The number of aryl methyl sites for hydroxylation is 2. The zero-order valence-corrected chi connectivity index (χ0v) is 8.78. The van der Waals surface area contributed by atoms with Gasteiger partial charge in [0.25, 0.3) is 6.47 Å². The number of carbonyl (C=O) groups is 1. The average Bonchev–Trinajstić information content (AvgIpc) is 2.21. The van der Waals surface area contributed by atoms with Crippen molar-refractivity contribution in [2.24, 2.45) is 0 Å². The molecule has 0 aliphatic heterocycles. The molecule has 0 saturated heterocycles. The van der Waals surface area contributed by atoms with Gasteiger partial charge in [-0.15, -0.1) is 0 Å². The Morgan fingerprint density at radius 2 is 1.67 bits per heavy atom. The van der Waals surface area contributed by atoms with Gasteiger partial charge in [-0.2, -0.15) is 0 Å². The van der Waals surface area contributed by atoms with E-state index in [9.17, 15) is 4.79 Å². The normalized spacial score (nSPS) is 10.3. The molecule has 2 aromatic carbocycles. The van der Waals surface area contributed by atoms with Gasteiger partial charge in [0.1, 0.15) is 5.75 Å².